The van der Waals surface area contributed by atoms with Gasteiger partial charge in [-0.1, -0.05) is 50.6 Å². The van der Waals surface area contributed by atoms with E-state index >= 15 is 0 Å². The number of amides is 1. The highest BCUT2D eigenvalue weighted by atomic mass is 35.5. The first kappa shape index (κ1) is 16.4. The van der Waals surface area contributed by atoms with E-state index in [0.29, 0.717) is 10.7 Å². The van der Waals surface area contributed by atoms with Crippen LogP contribution in [0.2, 0.25) is 5.02 Å². The SMILES string of the molecule is CC(C)(C)c1ccc(O)c(NC(=O)Cc2cccc(Cl)c2)c1. The van der Waals surface area contributed by atoms with E-state index in [4.69, 9.17) is 11.6 Å². The summed E-state index contributed by atoms with van der Waals surface area (Å²) >= 11 is 5.91. The van der Waals surface area contributed by atoms with Crippen molar-refractivity contribution in [3.63, 3.8) is 0 Å². The quantitative estimate of drug-likeness (QED) is 0.817. The van der Waals surface area contributed by atoms with E-state index in [0.717, 1.165) is 11.1 Å². The topological polar surface area (TPSA) is 49.3 Å². The molecule has 0 saturated carbocycles. The number of aromatic hydroxyl groups is 1. The molecule has 0 atom stereocenters. The summed E-state index contributed by atoms with van der Waals surface area (Å²) < 4.78 is 0. The van der Waals surface area contributed by atoms with Crippen molar-refractivity contribution in [3.8, 4) is 5.75 Å². The molecule has 2 rings (SSSR count). The summed E-state index contributed by atoms with van der Waals surface area (Å²) in [5.41, 5.74) is 2.25. The van der Waals surface area contributed by atoms with Crippen LogP contribution in [0, 0.1) is 0 Å². The Morgan fingerprint density at radius 1 is 1.18 bits per heavy atom. The van der Waals surface area contributed by atoms with Crippen LogP contribution in [0.1, 0.15) is 31.9 Å². The molecule has 0 aliphatic carbocycles. The highest BCUT2D eigenvalue weighted by Gasteiger charge is 2.16. The fourth-order valence-electron chi connectivity index (χ4n) is 2.13. The Morgan fingerprint density at radius 2 is 1.91 bits per heavy atom. The third-order valence-corrected chi connectivity index (χ3v) is 3.63. The number of phenols is 1. The second-order valence-corrected chi connectivity index (χ2v) is 6.77. The molecule has 0 heterocycles. The standard InChI is InChI=1S/C18H20ClNO2/c1-18(2,3)13-7-8-16(21)15(11-13)20-17(22)10-12-5-4-6-14(19)9-12/h4-9,11,21H,10H2,1-3H3,(H,20,22). The minimum Gasteiger partial charge on any atom is -0.506 e. The fourth-order valence-corrected chi connectivity index (χ4v) is 2.34. The molecule has 0 aliphatic rings. The van der Waals surface area contributed by atoms with E-state index in [1.54, 1.807) is 18.2 Å². The lowest BCUT2D eigenvalue weighted by molar-refractivity contribution is -0.115. The first-order valence-electron chi connectivity index (χ1n) is 7.13. The van der Waals surface area contributed by atoms with Gasteiger partial charge in [-0.05, 0) is 40.8 Å². The second kappa shape index (κ2) is 6.41. The van der Waals surface area contributed by atoms with Gasteiger partial charge in [0.2, 0.25) is 5.91 Å². The lowest BCUT2D eigenvalue weighted by atomic mass is 9.87. The third kappa shape index (κ3) is 4.25. The van der Waals surface area contributed by atoms with Crippen LogP contribution in [0.4, 0.5) is 5.69 Å². The average molecular weight is 318 g/mol. The van der Waals surface area contributed by atoms with E-state index in [1.165, 1.54) is 0 Å². The molecule has 0 saturated heterocycles. The maximum absolute atomic E-state index is 12.1. The predicted molar refractivity (Wildman–Crippen MR) is 90.6 cm³/mol. The Hall–Kier alpha value is -2.00. The van der Waals surface area contributed by atoms with E-state index in [-0.39, 0.29) is 23.5 Å². The lowest BCUT2D eigenvalue weighted by Crippen LogP contribution is -2.16. The van der Waals surface area contributed by atoms with Gasteiger partial charge in [-0.2, -0.15) is 0 Å². The predicted octanol–water partition coefficient (Wildman–Crippen LogP) is 4.52. The minimum absolute atomic E-state index is 0.0554. The Balaban J connectivity index is 2.14. The summed E-state index contributed by atoms with van der Waals surface area (Å²) in [6.07, 6.45) is 0.208. The summed E-state index contributed by atoms with van der Waals surface area (Å²) in [5, 5.41) is 13.3. The highest BCUT2D eigenvalue weighted by Crippen LogP contribution is 2.30. The molecule has 0 unspecified atom stereocenters. The van der Waals surface area contributed by atoms with Gasteiger partial charge in [0.05, 0.1) is 12.1 Å². The number of hydrogen-bond acceptors (Lipinski definition) is 2. The number of phenolic OH excluding ortho intramolecular Hbond substituents is 1. The fraction of sp³-hybridized carbons (Fsp3) is 0.278. The molecular weight excluding hydrogens is 298 g/mol. The number of carbonyl (C=O) groups excluding carboxylic acids is 1. The van der Waals surface area contributed by atoms with Crippen LogP contribution < -0.4 is 5.32 Å². The van der Waals surface area contributed by atoms with Crippen molar-refractivity contribution in [3.05, 3.63) is 58.6 Å². The van der Waals surface area contributed by atoms with Crippen molar-refractivity contribution in [1.29, 1.82) is 0 Å². The van der Waals surface area contributed by atoms with E-state index in [1.807, 2.05) is 24.3 Å². The molecule has 0 fully saturated rings. The van der Waals surface area contributed by atoms with Gasteiger partial charge in [0.15, 0.2) is 0 Å². The number of hydrogen-bond donors (Lipinski definition) is 2. The van der Waals surface area contributed by atoms with E-state index < -0.39 is 0 Å². The summed E-state index contributed by atoms with van der Waals surface area (Å²) in [6, 6.07) is 12.5. The van der Waals surface area contributed by atoms with Crippen LogP contribution in [0.5, 0.6) is 5.75 Å². The number of anilines is 1. The molecule has 0 aromatic heterocycles. The Morgan fingerprint density at radius 3 is 2.55 bits per heavy atom. The summed E-state index contributed by atoms with van der Waals surface area (Å²) in [5.74, 6) is -0.129. The number of rotatable bonds is 3. The molecule has 0 bridgehead atoms. The normalized spacial score (nSPS) is 11.3. The molecule has 0 aliphatic heterocycles. The van der Waals surface area contributed by atoms with Crippen molar-refractivity contribution < 1.29 is 9.90 Å². The molecule has 4 heteroatoms. The van der Waals surface area contributed by atoms with Gasteiger partial charge in [-0.25, -0.2) is 0 Å². The van der Waals surface area contributed by atoms with Gasteiger partial charge < -0.3 is 10.4 Å². The van der Waals surface area contributed by atoms with Gasteiger partial charge in [0.25, 0.3) is 0 Å². The molecule has 1 amide bonds. The Labute approximate surface area is 135 Å². The number of halogens is 1. The smallest absolute Gasteiger partial charge is 0.228 e. The zero-order chi connectivity index (χ0) is 16.3. The maximum atomic E-state index is 12.1. The second-order valence-electron chi connectivity index (χ2n) is 6.34. The van der Waals surface area contributed by atoms with Crippen LogP contribution in [-0.4, -0.2) is 11.0 Å². The maximum Gasteiger partial charge on any atom is 0.228 e. The number of benzene rings is 2. The monoisotopic (exact) mass is 317 g/mol. The zero-order valence-electron chi connectivity index (χ0n) is 13.0. The average Bonchev–Trinajstić information content (AvgIpc) is 2.40. The van der Waals surface area contributed by atoms with Crippen LogP contribution in [0.3, 0.4) is 0 Å². The van der Waals surface area contributed by atoms with Gasteiger partial charge in [-0.3, -0.25) is 4.79 Å². The number of carbonyl (C=O) groups is 1. The molecule has 0 radical (unpaired) electrons. The van der Waals surface area contributed by atoms with Gasteiger partial charge in [0.1, 0.15) is 5.75 Å². The van der Waals surface area contributed by atoms with Crippen LogP contribution in [0.25, 0.3) is 0 Å². The summed E-state index contributed by atoms with van der Waals surface area (Å²) in [4.78, 5) is 12.1. The minimum atomic E-state index is -0.191. The van der Waals surface area contributed by atoms with Gasteiger partial charge in [-0.15, -0.1) is 0 Å². The van der Waals surface area contributed by atoms with Gasteiger partial charge in [0, 0.05) is 5.02 Å². The van der Waals surface area contributed by atoms with Crippen molar-refractivity contribution in [2.75, 3.05) is 5.32 Å². The lowest BCUT2D eigenvalue weighted by Gasteiger charge is -2.20. The molecule has 116 valence electrons. The molecular formula is C18H20ClNO2. The molecule has 22 heavy (non-hydrogen) atoms. The molecule has 2 aromatic rings. The zero-order valence-corrected chi connectivity index (χ0v) is 13.7. The van der Waals surface area contributed by atoms with Crippen LogP contribution in [0.15, 0.2) is 42.5 Å². The van der Waals surface area contributed by atoms with Crippen LogP contribution >= 0.6 is 11.6 Å². The Kier molecular flexibility index (Phi) is 4.77. The van der Waals surface area contributed by atoms with Gasteiger partial charge >= 0.3 is 0 Å². The molecule has 0 spiro atoms. The largest absolute Gasteiger partial charge is 0.506 e. The van der Waals surface area contributed by atoms with E-state index in [2.05, 4.69) is 26.1 Å². The Bertz CT molecular complexity index is 690. The summed E-state index contributed by atoms with van der Waals surface area (Å²) in [6.45, 7) is 6.24. The number of nitrogens with one attached hydrogen (secondary N) is 1. The summed E-state index contributed by atoms with van der Waals surface area (Å²) in [7, 11) is 0. The molecule has 3 nitrogen and oxygen atoms in total. The van der Waals surface area contributed by atoms with Crippen molar-refractivity contribution in [1.82, 2.24) is 0 Å². The first-order valence-corrected chi connectivity index (χ1v) is 7.51. The third-order valence-electron chi connectivity index (χ3n) is 3.39. The van der Waals surface area contributed by atoms with Crippen molar-refractivity contribution in [2.24, 2.45) is 0 Å². The van der Waals surface area contributed by atoms with Crippen molar-refractivity contribution in [2.45, 2.75) is 32.6 Å². The molecule has 2 aromatic carbocycles. The molecule has 2 N–H and O–H groups in total. The van der Waals surface area contributed by atoms with E-state index in [9.17, 15) is 9.90 Å². The van der Waals surface area contributed by atoms with Crippen LogP contribution in [-0.2, 0) is 16.6 Å². The van der Waals surface area contributed by atoms with Crippen molar-refractivity contribution >= 4 is 23.2 Å². The highest BCUT2D eigenvalue weighted by molar-refractivity contribution is 6.30. The first-order chi connectivity index (χ1) is 10.3.